The molecule has 0 fully saturated rings. The van der Waals surface area contributed by atoms with Crippen molar-refractivity contribution in [3.63, 3.8) is 0 Å². The van der Waals surface area contributed by atoms with Crippen LogP contribution >= 0.6 is 0 Å². The zero-order valence-electron chi connectivity index (χ0n) is 11.1. The molecular formula is C11H17N5O2S. The molecular weight excluding hydrogens is 266 g/mol. The van der Waals surface area contributed by atoms with Crippen LogP contribution in [0.2, 0.25) is 0 Å². The number of aromatic nitrogens is 4. The predicted molar refractivity (Wildman–Crippen MR) is 70.0 cm³/mol. The number of H-pyrrole nitrogens is 2. The molecule has 0 spiro atoms. The van der Waals surface area contributed by atoms with E-state index >= 15 is 0 Å². The van der Waals surface area contributed by atoms with Crippen molar-refractivity contribution in [3.8, 4) is 0 Å². The van der Waals surface area contributed by atoms with Crippen LogP contribution in [-0.2, 0) is 10.0 Å². The quantitative estimate of drug-likeness (QED) is 0.766. The van der Waals surface area contributed by atoms with Crippen LogP contribution in [0.4, 0.5) is 0 Å². The number of rotatable bonds is 5. The summed E-state index contributed by atoms with van der Waals surface area (Å²) in [5, 5.41) is 6.59. The highest BCUT2D eigenvalue weighted by Gasteiger charge is 2.26. The Morgan fingerprint density at radius 1 is 1.42 bits per heavy atom. The fourth-order valence-corrected chi connectivity index (χ4v) is 3.64. The Morgan fingerprint density at radius 3 is 2.63 bits per heavy atom. The number of aromatic amines is 2. The number of hydrogen-bond acceptors (Lipinski definition) is 4. The van der Waals surface area contributed by atoms with Crippen LogP contribution in [-0.4, -0.2) is 28.6 Å². The lowest BCUT2D eigenvalue weighted by Gasteiger charge is -2.15. The Bertz CT molecular complexity index is 625. The summed E-state index contributed by atoms with van der Waals surface area (Å²) in [5.74, 6) is 0.602. The maximum absolute atomic E-state index is 12.4. The zero-order chi connectivity index (χ0) is 14.0. The van der Waals surface area contributed by atoms with Crippen LogP contribution < -0.4 is 4.72 Å². The second-order valence-electron chi connectivity index (χ2n) is 4.32. The molecule has 0 saturated heterocycles. The Hall–Kier alpha value is -1.67. The van der Waals surface area contributed by atoms with E-state index < -0.39 is 10.0 Å². The summed E-state index contributed by atoms with van der Waals surface area (Å²) in [4.78, 5) is 7.22. The Kier molecular flexibility index (Phi) is 3.72. The van der Waals surface area contributed by atoms with Gasteiger partial charge in [-0.25, -0.2) is 18.1 Å². The van der Waals surface area contributed by atoms with Crippen LogP contribution in [0.25, 0.3) is 0 Å². The number of nitrogens with zero attached hydrogens (tertiary/aromatic N) is 2. The molecule has 0 radical (unpaired) electrons. The first-order valence-corrected chi connectivity index (χ1v) is 7.47. The van der Waals surface area contributed by atoms with Crippen LogP contribution in [0.15, 0.2) is 17.3 Å². The normalized spacial score (nSPS) is 13.6. The molecule has 104 valence electrons. The molecule has 0 aromatic carbocycles. The summed E-state index contributed by atoms with van der Waals surface area (Å²) < 4.78 is 27.4. The van der Waals surface area contributed by atoms with Gasteiger partial charge >= 0.3 is 0 Å². The topological polar surface area (TPSA) is 104 Å². The van der Waals surface area contributed by atoms with E-state index in [1.54, 1.807) is 26.2 Å². The molecule has 0 aliphatic rings. The minimum absolute atomic E-state index is 0.206. The molecule has 8 heteroatoms. The number of imidazole rings is 1. The predicted octanol–water partition coefficient (Wildman–Crippen LogP) is 1.18. The molecule has 0 bridgehead atoms. The zero-order valence-corrected chi connectivity index (χ0v) is 11.9. The molecule has 2 rings (SSSR count). The first kappa shape index (κ1) is 13.8. The van der Waals surface area contributed by atoms with E-state index in [1.807, 2.05) is 6.92 Å². The second-order valence-corrected chi connectivity index (χ2v) is 5.97. The van der Waals surface area contributed by atoms with Crippen molar-refractivity contribution in [2.75, 3.05) is 0 Å². The van der Waals surface area contributed by atoms with Crippen molar-refractivity contribution in [2.45, 2.75) is 38.1 Å². The van der Waals surface area contributed by atoms with Crippen molar-refractivity contribution >= 4 is 10.0 Å². The molecule has 1 unspecified atom stereocenters. The fourth-order valence-electron chi connectivity index (χ4n) is 1.98. The van der Waals surface area contributed by atoms with Gasteiger partial charge in [0.15, 0.2) is 0 Å². The average molecular weight is 283 g/mol. The maximum atomic E-state index is 12.4. The van der Waals surface area contributed by atoms with Crippen molar-refractivity contribution in [1.29, 1.82) is 0 Å². The van der Waals surface area contributed by atoms with Gasteiger partial charge in [0, 0.05) is 12.4 Å². The van der Waals surface area contributed by atoms with Crippen LogP contribution in [0.5, 0.6) is 0 Å². The van der Waals surface area contributed by atoms with E-state index in [-0.39, 0.29) is 10.9 Å². The van der Waals surface area contributed by atoms with Crippen molar-refractivity contribution in [1.82, 2.24) is 24.9 Å². The molecule has 3 N–H and O–H groups in total. The number of nitrogens with one attached hydrogen (secondary N) is 3. The van der Waals surface area contributed by atoms with Gasteiger partial charge in [0.1, 0.15) is 10.7 Å². The molecule has 0 aliphatic heterocycles. The van der Waals surface area contributed by atoms with Crippen molar-refractivity contribution in [2.24, 2.45) is 0 Å². The van der Waals surface area contributed by atoms with Gasteiger partial charge in [0.25, 0.3) is 0 Å². The summed E-state index contributed by atoms with van der Waals surface area (Å²) in [5.41, 5.74) is 0.985. The van der Waals surface area contributed by atoms with Crippen molar-refractivity contribution in [3.05, 3.63) is 29.6 Å². The summed E-state index contributed by atoms with van der Waals surface area (Å²) in [6, 6.07) is -0.381. The van der Waals surface area contributed by atoms with E-state index in [0.717, 1.165) is 0 Å². The molecule has 2 aromatic heterocycles. The summed E-state index contributed by atoms with van der Waals surface area (Å²) in [6.07, 6.45) is 3.87. The van der Waals surface area contributed by atoms with E-state index in [9.17, 15) is 8.42 Å². The smallest absolute Gasteiger partial charge is 0.244 e. The van der Waals surface area contributed by atoms with Crippen molar-refractivity contribution < 1.29 is 8.42 Å². The Morgan fingerprint density at radius 2 is 2.16 bits per heavy atom. The number of aryl methyl sites for hydroxylation is 2. The first-order valence-electron chi connectivity index (χ1n) is 5.99. The third-order valence-electron chi connectivity index (χ3n) is 2.88. The lowest BCUT2D eigenvalue weighted by atomic mass is 10.2. The van der Waals surface area contributed by atoms with Gasteiger partial charge in [-0.3, -0.25) is 5.10 Å². The SMILES string of the molecule is CCC(NS(=O)(=O)c1c(C)n[nH]c1C)c1ncc[nH]1. The molecule has 0 amide bonds. The molecule has 19 heavy (non-hydrogen) atoms. The second kappa shape index (κ2) is 5.14. The molecule has 0 aliphatic carbocycles. The summed E-state index contributed by atoms with van der Waals surface area (Å²) >= 11 is 0. The van der Waals surface area contributed by atoms with Gasteiger partial charge in [-0.05, 0) is 20.3 Å². The van der Waals surface area contributed by atoms with E-state index in [2.05, 4.69) is 24.9 Å². The van der Waals surface area contributed by atoms with Gasteiger partial charge in [-0.15, -0.1) is 0 Å². The molecule has 0 saturated carbocycles. The third kappa shape index (κ3) is 2.69. The number of sulfonamides is 1. The lowest BCUT2D eigenvalue weighted by Crippen LogP contribution is -2.29. The van der Waals surface area contributed by atoms with Gasteiger partial charge in [0.2, 0.25) is 10.0 Å². The molecule has 2 aromatic rings. The Labute approximate surface area is 111 Å². The summed E-state index contributed by atoms with van der Waals surface area (Å²) in [7, 11) is -3.62. The fraction of sp³-hybridized carbons (Fsp3) is 0.455. The highest BCUT2D eigenvalue weighted by molar-refractivity contribution is 7.89. The van der Waals surface area contributed by atoms with Crippen LogP contribution in [0.3, 0.4) is 0 Å². The maximum Gasteiger partial charge on any atom is 0.244 e. The number of hydrogen-bond donors (Lipinski definition) is 3. The summed E-state index contributed by atoms with van der Waals surface area (Å²) in [6.45, 7) is 5.24. The molecule has 7 nitrogen and oxygen atoms in total. The van der Waals surface area contributed by atoms with Gasteiger partial charge < -0.3 is 4.98 Å². The Balaban J connectivity index is 2.31. The highest BCUT2D eigenvalue weighted by atomic mass is 32.2. The van der Waals surface area contributed by atoms with E-state index in [1.165, 1.54) is 0 Å². The first-order chi connectivity index (χ1) is 8.95. The molecule has 2 heterocycles. The van der Waals surface area contributed by atoms with Crippen LogP contribution in [0.1, 0.15) is 36.6 Å². The lowest BCUT2D eigenvalue weighted by molar-refractivity contribution is 0.538. The van der Waals surface area contributed by atoms with Gasteiger partial charge in [-0.1, -0.05) is 6.92 Å². The minimum atomic E-state index is -3.62. The largest absolute Gasteiger partial charge is 0.347 e. The molecule has 1 atom stereocenters. The van der Waals surface area contributed by atoms with Crippen LogP contribution in [0, 0.1) is 13.8 Å². The van der Waals surface area contributed by atoms with E-state index in [4.69, 9.17) is 0 Å². The monoisotopic (exact) mass is 283 g/mol. The minimum Gasteiger partial charge on any atom is -0.347 e. The average Bonchev–Trinajstić information content (AvgIpc) is 2.96. The van der Waals surface area contributed by atoms with E-state index in [0.29, 0.717) is 23.6 Å². The van der Waals surface area contributed by atoms with Gasteiger partial charge in [0.05, 0.1) is 17.4 Å². The highest BCUT2D eigenvalue weighted by Crippen LogP contribution is 2.20. The third-order valence-corrected chi connectivity index (χ3v) is 4.62. The standard InChI is InChI=1S/C11H17N5O2S/c1-4-9(11-12-5-6-13-11)16-19(17,18)10-7(2)14-15-8(10)3/h5-6,9,16H,4H2,1-3H3,(H,12,13)(H,14,15). The van der Waals surface area contributed by atoms with Gasteiger partial charge in [-0.2, -0.15) is 5.10 Å².